The number of benzene rings is 1. The summed E-state index contributed by atoms with van der Waals surface area (Å²) in [6.07, 6.45) is 1.18. The maximum absolute atomic E-state index is 11.6. The molecule has 0 aliphatic carbocycles. The van der Waals surface area contributed by atoms with Gasteiger partial charge in [-0.2, -0.15) is 10.2 Å². The molecule has 0 aliphatic heterocycles. The van der Waals surface area contributed by atoms with Gasteiger partial charge in [0.25, 0.3) is 5.56 Å². The highest BCUT2D eigenvalue weighted by Gasteiger charge is 2.08. The number of hydrazone groups is 1. The fourth-order valence-electron chi connectivity index (χ4n) is 1.41. The molecule has 0 spiro atoms. The van der Waals surface area contributed by atoms with Crippen LogP contribution in [0.25, 0.3) is 0 Å². The van der Waals surface area contributed by atoms with Gasteiger partial charge in [-0.15, -0.1) is 0 Å². The van der Waals surface area contributed by atoms with Gasteiger partial charge in [0.1, 0.15) is 5.69 Å². The van der Waals surface area contributed by atoms with Crippen LogP contribution in [0.3, 0.4) is 0 Å². The van der Waals surface area contributed by atoms with Crippen molar-refractivity contribution >= 4 is 28.1 Å². The Morgan fingerprint density at radius 1 is 1.33 bits per heavy atom. The minimum absolute atomic E-state index is 0.0917. The molecule has 0 bridgehead atoms. The number of aromatic amines is 2. The van der Waals surface area contributed by atoms with Gasteiger partial charge in [-0.1, -0.05) is 28.1 Å². The first-order valence-electron chi connectivity index (χ1n) is 5.80. The number of hydrogen-bond donors (Lipinski definition) is 3. The van der Waals surface area contributed by atoms with E-state index in [1.54, 1.807) is 0 Å². The zero-order chi connectivity index (χ0) is 15.2. The molecule has 2 aromatic rings. The largest absolute Gasteiger partial charge is 0.342 e. The average molecular weight is 352 g/mol. The van der Waals surface area contributed by atoms with Crippen molar-refractivity contribution < 1.29 is 4.79 Å². The van der Waals surface area contributed by atoms with E-state index in [1.807, 2.05) is 34.3 Å². The second kappa shape index (κ2) is 6.75. The molecule has 108 valence electrons. The molecular formula is C12H10BrN5O3. The maximum Gasteiger partial charge on any atom is 0.342 e. The normalized spacial score (nSPS) is 10.7. The maximum atomic E-state index is 11.6. The predicted molar refractivity (Wildman–Crippen MR) is 79.1 cm³/mol. The lowest BCUT2D eigenvalue weighted by molar-refractivity contribution is -0.120. The van der Waals surface area contributed by atoms with Crippen LogP contribution in [0.15, 0.2) is 43.4 Å². The van der Waals surface area contributed by atoms with E-state index in [0.717, 1.165) is 10.0 Å². The molecule has 0 atom stereocenters. The van der Waals surface area contributed by atoms with Crippen molar-refractivity contribution in [3.8, 4) is 0 Å². The summed E-state index contributed by atoms with van der Waals surface area (Å²) in [6.45, 7) is 0. The molecule has 21 heavy (non-hydrogen) atoms. The van der Waals surface area contributed by atoms with Gasteiger partial charge < -0.3 is 0 Å². The van der Waals surface area contributed by atoms with Crippen LogP contribution in [0.4, 0.5) is 0 Å². The van der Waals surface area contributed by atoms with Crippen molar-refractivity contribution in [1.82, 2.24) is 20.6 Å². The van der Waals surface area contributed by atoms with Crippen molar-refractivity contribution in [3.63, 3.8) is 0 Å². The highest BCUT2D eigenvalue weighted by molar-refractivity contribution is 9.10. The number of hydrogen-bond acceptors (Lipinski definition) is 5. The van der Waals surface area contributed by atoms with Gasteiger partial charge in [-0.05, 0) is 17.7 Å². The zero-order valence-electron chi connectivity index (χ0n) is 10.6. The molecule has 1 heterocycles. The Balaban J connectivity index is 1.94. The van der Waals surface area contributed by atoms with Crippen LogP contribution in [0.5, 0.6) is 0 Å². The number of halogens is 1. The molecule has 0 radical (unpaired) electrons. The third-order valence-electron chi connectivity index (χ3n) is 2.38. The van der Waals surface area contributed by atoms with E-state index < -0.39 is 17.2 Å². The number of H-pyrrole nitrogens is 2. The monoisotopic (exact) mass is 351 g/mol. The molecule has 1 aromatic carbocycles. The van der Waals surface area contributed by atoms with Crippen LogP contribution in [0.2, 0.25) is 0 Å². The molecule has 3 N–H and O–H groups in total. The van der Waals surface area contributed by atoms with Crippen molar-refractivity contribution in [2.45, 2.75) is 6.42 Å². The van der Waals surface area contributed by atoms with Crippen molar-refractivity contribution in [1.29, 1.82) is 0 Å². The molecule has 2 rings (SSSR count). The van der Waals surface area contributed by atoms with Crippen LogP contribution in [-0.4, -0.2) is 27.3 Å². The SMILES string of the molecule is O=C(Cc1n[nH]c(=O)[nH]c1=O)N/N=C\c1ccc(Br)cc1. The lowest BCUT2D eigenvalue weighted by atomic mass is 10.2. The first-order chi connectivity index (χ1) is 10.0. The standard InChI is InChI=1S/C12H10BrN5O3/c13-8-3-1-7(2-4-8)6-14-17-10(19)5-9-11(20)15-12(21)18-16-9/h1-4,6H,5H2,(H,17,19)(H2,15,18,20,21)/b14-6-. The van der Waals surface area contributed by atoms with Gasteiger partial charge in [0.15, 0.2) is 0 Å². The fraction of sp³-hybridized carbons (Fsp3) is 0.0833. The summed E-state index contributed by atoms with van der Waals surface area (Å²) >= 11 is 3.31. The Labute approximate surface area is 126 Å². The van der Waals surface area contributed by atoms with Gasteiger partial charge in [0, 0.05) is 4.47 Å². The highest BCUT2D eigenvalue weighted by Crippen LogP contribution is 2.08. The average Bonchev–Trinajstić information content (AvgIpc) is 2.44. The number of rotatable bonds is 4. The molecule has 1 aromatic heterocycles. The minimum Gasteiger partial charge on any atom is -0.273 e. The minimum atomic E-state index is -0.725. The summed E-state index contributed by atoms with van der Waals surface area (Å²) in [5.74, 6) is -0.520. The molecule has 0 saturated carbocycles. The van der Waals surface area contributed by atoms with Crippen LogP contribution < -0.4 is 16.7 Å². The molecule has 0 unspecified atom stereocenters. The second-order valence-electron chi connectivity index (χ2n) is 3.98. The Kier molecular flexibility index (Phi) is 4.77. The molecule has 1 amide bonds. The number of carbonyl (C=O) groups excluding carboxylic acids is 1. The first-order valence-corrected chi connectivity index (χ1v) is 6.59. The van der Waals surface area contributed by atoms with E-state index >= 15 is 0 Å². The Hall–Kier alpha value is -2.55. The summed E-state index contributed by atoms with van der Waals surface area (Å²) in [5, 5.41) is 9.31. The van der Waals surface area contributed by atoms with Crippen LogP contribution in [0.1, 0.15) is 11.3 Å². The van der Waals surface area contributed by atoms with Gasteiger partial charge in [0.05, 0.1) is 12.6 Å². The topological polar surface area (TPSA) is 120 Å². The second-order valence-corrected chi connectivity index (χ2v) is 4.89. The number of nitrogens with one attached hydrogen (secondary N) is 3. The van der Waals surface area contributed by atoms with E-state index in [1.165, 1.54) is 6.21 Å². The fourth-order valence-corrected chi connectivity index (χ4v) is 1.68. The van der Waals surface area contributed by atoms with Gasteiger partial charge >= 0.3 is 5.69 Å². The van der Waals surface area contributed by atoms with Crippen molar-refractivity contribution in [2.24, 2.45) is 5.10 Å². The summed E-state index contributed by atoms with van der Waals surface area (Å²) in [5.41, 5.74) is 1.55. The zero-order valence-corrected chi connectivity index (χ0v) is 12.2. The van der Waals surface area contributed by atoms with E-state index in [0.29, 0.717) is 0 Å². The summed E-state index contributed by atoms with van der Waals surface area (Å²) in [7, 11) is 0. The quantitative estimate of drug-likeness (QED) is 0.526. The van der Waals surface area contributed by atoms with Crippen LogP contribution in [0, 0.1) is 0 Å². The molecule has 0 aliphatic rings. The van der Waals surface area contributed by atoms with Gasteiger partial charge in [-0.3, -0.25) is 14.6 Å². The van der Waals surface area contributed by atoms with Crippen LogP contribution in [-0.2, 0) is 11.2 Å². The lowest BCUT2D eigenvalue weighted by Crippen LogP contribution is -2.31. The molecule has 0 fully saturated rings. The van der Waals surface area contributed by atoms with Crippen molar-refractivity contribution in [3.05, 3.63) is 60.8 Å². The number of nitrogens with zero attached hydrogens (tertiary/aromatic N) is 2. The Morgan fingerprint density at radius 3 is 2.71 bits per heavy atom. The van der Waals surface area contributed by atoms with Gasteiger partial charge in [-0.25, -0.2) is 15.3 Å². The molecular weight excluding hydrogens is 342 g/mol. The third kappa shape index (κ3) is 4.49. The summed E-state index contributed by atoms with van der Waals surface area (Å²) in [4.78, 5) is 35.7. The van der Waals surface area contributed by atoms with E-state index in [4.69, 9.17) is 0 Å². The van der Waals surface area contributed by atoms with E-state index in [2.05, 4.69) is 31.6 Å². The molecule has 9 heteroatoms. The Morgan fingerprint density at radius 2 is 2.05 bits per heavy atom. The number of amides is 1. The number of carbonyl (C=O) groups is 1. The predicted octanol–water partition coefficient (Wildman–Crippen LogP) is -0.0865. The summed E-state index contributed by atoms with van der Waals surface area (Å²) < 4.78 is 0.937. The third-order valence-corrected chi connectivity index (χ3v) is 2.91. The number of aromatic nitrogens is 3. The highest BCUT2D eigenvalue weighted by atomic mass is 79.9. The van der Waals surface area contributed by atoms with E-state index in [-0.39, 0.29) is 12.1 Å². The van der Waals surface area contributed by atoms with Gasteiger partial charge in [0.2, 0.25) is 5.91 Å². The molecule has 8 nitrogen and oxygen atoms in total. The van der Waals surface area contributed by atoms with Crippen molar-refractivity contribution in [2.75, 3.05) is 0 Å². The van der Waals surface area contributed by atoms with E-state index in [9.17, 15) is 14.4 Å². The van der Waals surface area contributed by atoms with Crippen LogP contribution >= 0.6 is 15.9 Å². The first kappa shape index (κ1) is 14.9. The Bertz CT molecular complexity index is 778. The summed E-state index contributed by atoms with van der Waals surface area (Å²) in [6, 6.07) is 7.31. The smallest absolute Gasteiger partial charge is 0.273 e. The lowest BCUT2D eigenvalue weighted by Gasteiger charge is -1.98. The molecule has 0 saturated heterocycles.